The summed E-state index contributed by atoms with van der Waals surface area (Å²) in [6, 6.07) is 11.5. The largest absolute Gasteiger partial charge is 0.398 e. The lowest BCUT2D eigenvalue weighted by Crippen LogP contribution is -2.19. The minimum atomic E-state index is -0.00552. The Bertz CT molecular complexity index is 592. The molecule has 0 aliphatic rings. The first-order valence-electron chi connectivity index (χ1n) is 5.80. The molecule has 0 fully saturated rings. The third-order valence-electron chi connectivity index (χ3n) is 2.60. The van der Waals surface area contributed by atoms with Crippen LogP contribution in [0.2, 0.25) is 0 Å². The van der Waals surface area contributed by atoms with Crippen molar-refractivity contribution in [2.45, 2.75) is 18.4 Å². The predicted octanol–water partition coefficient (Wildman–Crippen LogP) is 2.53. The van der Waals surface area contributed by atoms with Crippen molar-refractivity contribution in [2.24, 2.45) is 0 Å². The van der Waals surface area contributed by atoms with Gasteiger partial charge in [-0.25, -0.2) is 0 Å². The zero-order chi connectivity index (χ0) is 13.0. The number of rotatable bonds is 4. The third kappa shape index (κ3) is 3.40. The molecule has 4 heteroatoms. The fourth-order valence-corrected chi connectivity index (χ4v) is 2.66. The van der Waals surface area contributed by atoms with Crippen LogP contribution in [0.15, 0.2) is 52.3 Å². The third-order valence-corrected chi connectivity index (χ3v) is 3.57. The number of pyridine rings is 1. The van der Waals surface area contributed by atoms with Crippen LogP contribution in [0, 0.1) is 6.92 Å². The molecule has 0 unspecified atom stereocenters. The molecular weight excluding hydrogens is 244 g/mol. The number of nitrogens with zero attached hydrogens (tertiary/aromatic N) is 1. The number of hydrogen-bond donors (Lipinski definition) is 1. The summed E-state index contributed by atoms with van der Waals surface area (Å²) in [4.78, 5) is 12.8. The minimum Gasteiger partial charge on any atom is -0.398 e. The zero-order valence-corrected chi connectivity index (χ0v) is 11.1. The van der Waals surface area contributed by atoms with E-state index in [1.165, 1.54) is 16.5 Å². The molecule has 0 atom stereocenters. The van der Waals surface area contributed by atoms with Gasteiger partial charge in [0.05, 0.1) is 0 Å². The van der Waals surface area contributed by atoms with Crippen LogP contribution in [0.5, 0.6) is 0 Å². The van der Waals surface area contributed by atoms with Crippen molar-refractivity contribution in [2.75, 3.05) is 11.5 Å². The smallest absolute Gasteiger partial charge is 0.250 e. The first kappa shape index (κ1) is 12.8. The minimum absolute atomic E-state index is 0.00552. The van der Waals surface area contributed by atoms with Crippen molar-refractivity contribution in [3.8, 4) is 0 Å². The van der Waals surface area contributed by atoms with E-state index in [2.05, 4.69) is 25.1 Å². The first-order chi connectivity index (χ1) is 8.65. The van der Waals surface area contributed by atoms with Crippen LogP contribution in [0.3, 0.4) is 0 Å². The summed E-state index contributed by atoms with van der Waals surface area (Å²) >= 11 is 1.74. The van der Waals surface area contributed by atoms with E-state index in [1.54, 1.807) is 28.6 Å². The van der Waals surface area contributed by atoms with Crippen molar-refractivity contribution in [1.29, 1.82) is 0 Å². The Hall–Kier alpha value is -1.68. The molecule has 3 nitrogen and oxygen atoms in total. The highest BCUT2D eigenvalue weighted by Gasteiger charge is 1.98. The van der Waals surface area contributed by atoms with Gasteiger partial charge in [-0.15, -0.1) is 11.8 Å². The van der Waals surface area contributed by atoms with Crippen LogP contribution in [0.25, 0.3) is 0 Å². The second kappa shape index (κ2) is 5.78. The van der Waals surface area contributed by atoms with Gasteiger partial charge in [0, 0.05) is 35.1 Å². The lowest BCUT2D eigenvalue weighted by Gasteiger charge is -2.06. The lowest BCUT2D eigenvalue weighted by atomic mass is 10.2. The molecular formula is C14H16N2OS. The number of thioether (sulfide) groups is 1. The summed E-state index contributed by atoms with van der Waals surface area (Å²) in [5.74, 6) is 0.854. The van der Waals surface area contributed by atoms with Gasteiger partial charge in [-0.3, -0.25) is 4.79 Å². The first-order valence-corrected chi connectivity index (χ1v) is 6.79. The van der Waals surface area contributed by atoms with Crippen LogP contribution < -0.4 is 11.3 Å². The molecule has 1 aromatic heterocycles. The predicted molar refractivity (Wildman–Crippen MR) is 77.0 cm³/mol. The Labute approximate surface area is 111 Å². The van der Waals surface area contributed by atoms with Gasteiger partial charge >= 0.3 is 0 Å². The summed E-state index contributed by atoms with van der Waals surface area (Å²) in [7, 11) is 0. The Kier molecular flexibility index (Phi) is 4.10. The molecule has 18 heavy (non-hydrogen) atoms. The number of nitrogen functional groups attached to an aromatic ring is 1. The average Bonchev–Trinajstić information content (AvgIpc) is 2.34. The van der Waals surface area contributed by atoms with Crippen LogP contribution in [-0.4, -0.2) is 10.3 Å². The van der Waals surface area contributed by atoms with Gasteiger partial charge in [-0.1, -0.05) is 17.7 Å². The Balaban J connectivity index is 1.96. The molecule has 0 saturated heterocycles. The van der Waals surface area contributed by atoms with Crippen molar-refractivity contribution < 1.29 is 0 Å². The number of aromatic nitrogens is 1. The Morgan fingerprint density at radius 2 is 2.11 bits per heavy atom. The lowest BCUT2D eigenvalue weighted by molar-refractivity contribution is 0.737. The standard InChI is InChI=1S/C14H16N2OS/c1-11-3-2-4-13(9-11)18-8-7-16-10-12(15)5-6-14(16)17/h2-6,9-10H,7-8,15H2,1H3. The molecule has 94 valence electrons. The number of benzene rings is 1. The molecule has 1 aromatic carbocycles. The van der Waals surface area contributed by atoms with Crippen LogP contribution in [-0.2, 0) is 6.54 Å². The molecule has 0 saturated carbocycles. The number of hydrogen-bond acceptors (Lipinski definition) is 3. The molecule has 0 amide bonds. The number of anilines is 1. The molecule has 1 heterocycles. The van der Waals surface area contributed by atoms with Crippen molar-refractivity contribution in [1.82, 2.24) is 4.57 Å². The summed E-state index contributed by atoms with van der Waals surface area (Å²) in [6.07, 6.45) is 1.69. The summed E-state index contributed by atoms with van der Waals surface area (Å²) < 4.78 is 1.65. The van der Waals surface area contributed by atoms with Crippen molar-refractivity contribution in [3.63, 3.8) is 0 Å². The second-order valence-corrected chi connectivity index (χ2v) is 5.33. The molecule has 0 radical (unpaired) electrons. The number of nitrogens with two attached hydrogens (primary N) is 1. The maximum atomic E-state index is 11.6. The van der Waals surface area contributed by atoms with E-state index in [1.807, 2.05) is 6.07 Å². The molecule has 2 aromatic rings. The SMILES string of the molecule is Cc1cccc(SCCn2cc(N)ccc2=O)c1. The van der Waals surface area contributed by atoms with Crippen molar-refractivity contribution >= 4 is 17.4 Å². The van der Waals surface area contributed by atoms with Gasteiger partial charge in [0.25, 0.3) is 5.56 Å². The van der Waals surface area contributed by atoms with E-state index < -0.39 is 0 Å². The average molecular weight is 260 g/mol. The summed E-state index contributed by atoms with van der Waals surface area (Å²) in [6.45, 7) is 2.74. The monoisotopic (exact) mass is 260 g/mol. The highest BCUT2D eigenvalue weighted by Crippen LogP contribution is 2.18. The highest BCUT2D eigenvalue weighted by molar-refractivity contribution is 7.99. The molecule has 0 aliphatic heterocycles. The van der Waals surface area contributed by atoms with Gasteiger partial charge in [-0.2, -0.15) is 0 Å². The van der Waals surface area contributed by atoms with Crippen LogP contribution in [0.4, 0.5) is 5.69 Å². The molecule has 0 aliphatic carbocycles. The van der Waals surface area contributed by atoms with Gasteiger partial charge < -0.3 is 10.3 Å². The summed E-state index contributed by atoms with van der Waals surface area (Å²) in [5.41, 5.74) is 7.53. The Morgan fingerprint density at radius 3 is 2.89 bits per heavy atom. The van der Waals surface area contributed by atoms with E-state index in [0.717, 1.165) is 5.75 Å². The fourth-order valence-electron chi connectivity index (χ4n) is 1.69. The van der Waals surface area contributed by atoms with Gasteiger partial charge in [0.15, 0.2) is 0 Å². The van der Waals surface area contributed by atoms with E-state index in [9.17, 15) is 4.79 Å². The maximum Gasteiger partial charge on any atom is 0.250 e. The normalized spacial score (nSPS) is 10.5. The number of aryl methyl sites for hydroxylation is 2. The van der Waals surface area contributed by atoms with Crippen LogP contribution in [0.1, 0.15) is 5.56 Å². The molecule has 0 bridgehead atoms. The molecule has 2 N–H and O–H groups in total. The molecule has 0 spiro atoms. The van der Waals surface area contributed by atoms with E-state index >= 15 is 0 Å². The van der Waals surface area contributed by atoms with Crippen molar-refractivity contribution in [3.05, 3.63) is 58.5 Å². The Morgan fingerprint density at radius 1 is 1.28 bits per heavy atom. The van der Waals surface area contributed by atoms with Gasteiger partial charge in [-0.05, 0) is 25.1 Å². The van der Waals surface area contributed by atoms with Gasteiger partial charge in [0.2, 0.25) is 0 Å². The fraction of sp³-hybridized carbons (Fsp3) is 0.214. The zero-order valence-electron chi connectivity index (χ0n) is 10.3. The maximum absolute atomic E-state index is 11.6. The van der Waals surface area contributed by atoms with E-state index in [-0.39, 0.29) is 5.56 Å². The van der Waals surface area contributed by atoms with E-state index in [4.69, 9.17) is 5.73 Å². The highest BCUT2D eigenvalue weighted by atomic mass is 32.2. The quantitative estimate of drug-likeness (QED) is 0.859. The molecule has 2 rings (SSSR count). The van der Waals surface area contributed by atoms with E-state index in [0.29, 0.717) is 12.2 Å². The van der Waals surface area contributed by atoms with Gasteiger partial charge in [0.1, 0.15) is 0 Å². The summed E-state index contributed by atoms with van der Waals surface area (Å²) in [5, 5.41) is 0. The second-order valence-electron chi connectivity index (χ2n) is 4.16. The topological polar surface area (TPSA) is 48.0 Å². The van der Waals surface area contributed by atoms with Crippen LogP contribution >= 0.6 is 11.8 Å².